The van der Waals surface area contributed by atoms with Crippen molar-refractivity contribution in [3.63, 3.8) is 0 Å². The van der Waals surface area contributed by atoms with Gasteiger partial charge in [-0.15, -0.1) is 0 Å². The van der Waals surface area contributed by atoms with Crippen molar-refractivity contribution >= 4 is 22.6 Å². The van der Waals surface area contributed by atoms with Gasteiger partial charge in [0.05, 0.1) is 5.92 Å². The van der Waals surface area contributed by atoms with Crippen molar-refractivity contribution in [2.45, 2.75) is 78.3 Å². The second kappa shape index (κ2) is 11.4. The van der Waals surface area contributed by atoms with E-state index in [9.17, 15) is 4.79 Å². The molecule has 0 aliphatic rings. The predicted molar refractivity (Wildman–Crippen MR) is 108 cm³/mol. The van der Waals surface area contributed by atoms with E-state index in [1.807, 2.05) is 6.92 Å². The monoisotopic (exact) mass is 375 g/mol. The molecule has 0 amide bonds. The van der Waals surface area contributed by atoms with Crippen molar-refractivity contribution in [2.24, 2.45) is 5.92 Å². The van der Waals surface area contributed by atoms with E-state index in [2.05, 4.69) is 52.7 Å². The van der Waals surface area contributed by atoms with Gasteiger partial charge in [0.1, 0.15) is 0 Å². The summed E-state index contributed by atoms with van der Waals surface area (Å²) < 4.78 is 11.9. The summed E-state index contributed by atoms with van der Waals surface area (Å²) in [5, 5.41) is 0. The highest BCUT2D eigenvalue weighted by molar-refractivity contribution is 6.75. The van der Waals surface area contributed by atoms with Gasteiger partial charge in [0, 0.05) is 13.2 Å². The molecule has 0 heterocycles. The summed E-state index contributed by atoms with van der Waals surface area (Å²) >= 11 is 0. The zero-order valence-electron chi connectivity index (χ0n) is 17.4. The maximum absolute atomic E-state index is 12.5. The molecular formula is C18H41NO3Si2. The van der Waals surface area contributed by atoms with Gasteiger partial charge in [0.15, 0.2) is 8.32 Å². The lowest BCUT2D eigenvalue weighted by Gasteiger charge is -2.30. The van der Waals surface area contributed by atoms with Crippen LogP contribution in [0, 0.1) is 5.92 Å². The Kier molecular flexibility index (Phi) is 11.4. The molecule has 0 rings (SSSR count). The van der Waals surface area contributed by atoms with E-state index in [0.717, 1.165) is 44.2 Å². The Hall–Kier alpha value is -0.176. The van der Waals surface area contributed by atoms with Crippen LogP contribution in [0.1, 0.15) is 41.0 Å². The minimum absolute atomic E-state index is 0.00286. The molecular weight excluding hydrogens is 334 g/mol. The average molecular weight is 376 g/mol. The third-order valence-corrected chi connectivity index (χ3v) is 12.2. The van der Waals surface area contributed by atoms with Gasteiger partial charge in [-0.25, -0.2) is 0 Å². The third-order valence-electron chi connectivity index (χ3n) is 5.09. The molecule has 0 aromatic carbocycles. The normalized spacial score (nSPS) is 14.0. The second-order valence-corrected chi connectivity index (χ2v) is 16.6. The zero-order valence-corrected chi connectivity index (χ0v) is 19.4. The highest BCUT2D eigenvalue weighted by Crippen LogP contribution is 2.23. The van der Waals surface area contributed by atoms with Crippen molar-refractivity contribution in [1.29, 1.82) is 0 Å². The minimum Gasteiger partial charge on any atom is -0.519 e. The first kappa shape index (κ1) is 23.8. The van der Waals surface area contributed by atoms with Crippen LogP contribution >= 0.6 is 0 Å². The summed E-state index contributed by atoms with van der Waals surface area (Å²) in [6.45, 7) is 17.7. The van der Waals surface area contributed by atoms with E-state index in [1.165, 1.54) is 6.04 Å². The number of nitrogens with zero attached hydrogens (tertiary/aromatic N) is 1. The summed E-state index contributed by atoms with van der Waals surface area (Å²) in [6.07, 6.45) is 1.13. The largest absolute Gasteiger partial charge is 0.519 e. The maximum Gasteiger partial charge on any atom is 0.296 e. The lowest BCUT2D eigenvalue weighted by molar-refractivity contribution is -0.139. The molecule has 4 nitrogen and oxygen atoms in total. The van der Waals surface area contributed by atoms with Gasteiger partial charge in [0.25, 0.3) is 14.3 Å². The lowest BCUT2D eigenvalue weighted by atomic mass is 10.2. The van der Waals surface area contributed by atoms with Gasteiger partial charge in [-0.05, 0) is 64.2 Å². The Balaban J connectivity index is 4.30. The van der Waals surface area contributed by atoms with Gasteiger partial charge >= 0.3 is 0 Å². The van der Waals surface area contributed by atoms with E-state index >= 15 is 0 Å². The fraction of sp³-hybridized carbons (Fsp3) is 0.944. The quantitative estimate of drug-likeness (QED) is 0.436. The molecule has 0 aromatic rings. The molecule has 0 aliphatic heterocycles. The molecule has 0 bridgehead atoms. The van der Waals surface area contributed by atoms with Gasteiger partial charge in [-0.3, -0.25) is 4.79 Å². The third kappa shape index (κ3) is 8.78. The fourth-order valence-electron chi connectivity index (χ4n) is 3.15. The summed E-state index contributed by atoms with van der Waals surface area (Å²) in [6, 6.07) is 4.23. The van der Waals surface area contributed by atoms with Crippen LogP contribution in [-0.2, 0) is 13.6 Å². The molecule has 0 saturated heterocycles. The van der Waals surface area contributed by atoms with Gasteiger partial charge in [0.2, 0.25) is 0 Å². The lowest BCUT2D eigenvalue weighted by Crippen LogP contribution is -2.41. The molecule has 1 unspecified atom stereocenters. The molecule has 0 aromatic heterocycles. The summed E-state index contributed by atoms with van der Waals surface area (Å²) in [5.41, 5.74) is 0. The maximum atomic E-state index is 12.5. The Bertz CT molecular complexity index is 352. The fourth-order valence-corrected chi connectivity index (χ4v) is 7.65. The number of hydrogen-bond acceptors (Lipinski definition) is 4. The number of carbonyl (C=O) groups is 1. The SMILES string of the molecule is CCO[Si](C)(C)CCCN(C)CC(C)C(=O)O[Si](CC)(CC)CC. The first-order chi connectivity index (χ1) is 11.1. The van der Waals surface area contributed by atoms with Crippen molar-refractivity contribution in [1.82, 2.24) is 4.90 Å². The van der Waals surface area contributed by atoms with Gasteiger partial charge in [-0.2, -0.15) is 0 Å². The van der Waals surface area contributed by atoms with Crippen molar-refractivity contribution in [3.05, 3.63) is 0 Å². The molecule has 6 heteroatoms. The molecule has 144 valence electrons. The Morgan fingerprint density at radius 2 is 1.62 bits per heavy atom. The molecule has 0 fully saturated rings. The molecule has 24 heavy (non-hydrogen) atoms. The van der Waals surface area contributed by atoms with Gasteiger partial charge in [-0.1, -0.05) is 27.7 Å². The molecule has 0 N–H and O–H groups in total. The molecule has 1 atom stereocenters. The van der Waals surface area contributed by atoms with Crippen LogP contribution in [0.15, 0.2) is 0 Å². The Labute approximate surface area is 152 Å². The first-order valence-corrected chi connectivity index (χ1v) is 15.3. The number of hydrogen-bond donors (Lipinski definition) is 0. The second-order valence-electron chi connectivity index (χ2n) is 7.62. The van der Waals surface area contributed by atoms with Gasteiger partial charge < -0.3 is 13.8 Å². The van der Waals surface area contributed by atoms with E-state index in [-0.39, 0.29) is 11.9 Å². The standard InChI is InChI=1S/C18H41NO3Si2/c1-9-21-23(7,8)15-13-14-19(6)16-17(5)18(20)22-24(10-2,11-3)12-4/h17H,9-16H2,1-8H3. The van der Waals surface area contributed by atoms with Crippen LogP contribution in [0.2, 0.25) is 37.3 Å². The summed E-state index contributed by atoms with van der Waals surface area (Å²) in [7, 11) is -1.22. The van der Waals surface area contributed by atoms with Crippen LogP contribution in [0.5, 0.6) is 0 Å². The molecule has 0 aliphatic carbocycles. The minimum atomic E-state index is -1.83. The summed E-state index contributed by atoms with van der Waals surface area (Å²) in [5.74, 6) is -0.0493. The zero-order chi connectivity index (χ0) is 18.8. The number of carbonyl (C=O) groups excluding carboxylic acids is 1. The molecule has 0 saturated carbocycles. The topological polar surface area (TPSA) is 38.8 Å². The summed E-state index contributed by atoms with van der Waals surface area (Å²) in [4.78, 5) is 14.7. The van der Waals surface area contributed by atoms with Crippen LogP contribution in [0.25, 0.3) is 0 Å². The highest BCUT2D eigenvalue weighted by Gasteiger charge is 2.34. The number of rotatable bonds is 13. The molecule has 0 radical (unpaired) electrons. The highest BCUT2D eigenvalue weighted by atomic mass is 28.4. The Morgan fingerprint density at radius 1 is 1.08 bits per heavy atom. The van der Waals surface area contributed by atoms with Crippen molar-refractivity contribution in [2.75, 3.05) is 26.7 Å². The molecule has 0 spiro atoms. The van der Waals surface area contributed by atoms with Crippen molar-refractivity contribution in [3.8, 4) is 0 Å². The smallest absolute Gasteiger partial charge is 0.296 e. The van der Waals surface area contributed by atoms with Crippen LogP contribution in [-0.4, -0.2) is 54.2 Å². The Morgan fingerprint density at radius 3 is 2.08 bits per heavy atom. The average Bonchev–Trinajstić information content (AvgIpc) is 2.52. The predicted octanol–water partition coefficient (Wildman–Crippen LogP) is 4.73. The van der Waals surface area contributed by atoms with Crippen LogP contribution in [0.4, 0.5) is 0 Å². The van der Waals surface area contributed by atoms with Crippen LogP contribution in [0.3, 0.4) is 0 Å². The van der Waals surface area contributed by atoms with E-state index < -0.39 is 16.6 Å². The van der Waals surface area contributed by atoms with E-state index in [0.29, 0.717) is 0 Å². The van der Waals surface area contributed by atoms with E-state index in [1.54, 1.807) is 0 Å². The van der Waals surface area contributed by atoms with E-state index in [4.69, 9.17) is 8.85 Å². The van der Waals surface area contributed by atoms with Crippen molar-refractivity contribution < 1.29 is 13.6 Å². The van der Waals surface area contributed by atoms with Crippen LogP contribution < -0.4 is 0 Å². The first-order valence-electron chi connectivity index (χ1n) is 9.70.